The van der Waals surface area contributed by atoms with E-state index in [1.54, 1.807) is 7.11 Å². The van der Waals surface area contributed by atoms with Gasteiger partial charge in [-0.2, -0.15) is 0 Å². The van der Waals surface area contributed by atoms with E-state index in [4.69, 9.17) is 4.74 Å². The lowest BCUT2D eigenvalue weighted by atomic mass is 10.0. The highest BCUT2D eigenvalue weighted by Gasteiger charge is 2.15. The third kappa shape index (κ3) is 4.00. The van der Waals surface area contributed by atoms with E-state index in [1.807, 2.05) is 19.9 Å². The quantitative estimate of drug-likeness (QED) is 0.732. The molecule has 2 N–H and O–H groups in total. The van der Waals surface area contributed by atoms with Gasteiger partial charge < -0.3 is 15.2 Å². The van der Waals surface area contributed by atoms with Crippen LogP contribution in [0.25, 0.3) is 0 Å². The molecule has 1 atom stereocenters. The number of methoxy groups -OCH3 is 1. The number of hydrogen-bond acceptors (Lipinski definition) is 3. The molecule has 3 heteroatoms. The molecule has 0 aliphatic carbocycles. The number of unbranched alkanes of at least 4 members (excludes halogenated alkanes) is 1. The first kappa shape index (κ1) is 15.0. The van der Waals surface area contributed by atoms with Crippen molar-refractivity contribution < 1.29 is 9.84 Å². The first-order valence-electron chi connectivity index (χ1n) is 6.64. The van der Waals surface area contributed by atoms with Crippen LogP contribution in [0.5, 0.6) is 5.75 Å². The van der Waals surface area contributed by atoms with Crippen molar-refractivity contribution in [3.63, 3.8) is 0 Å². The van der Waals surface area contributed by atoms with Crippen LogP contribution < -0.4 is 10.1 Å². The Labute approximate surface area is 110 Å². The molecule has 0 bridgehead atoms. The maximum absolute atomic E-state index is 10.2. The zero-order valence-corrected chi connectivity index (χ0v) is 11.9. The van der Waals surface area contributed by atoms with Crippen molar-refractivity contribution in [2.24, 2.45) is 0 Å². The second-order valence-corrected chi connectivity index (χ2v) is 4.78. The summed E-state index contributed by atoms with van der Waals surface area (Å²) >= 11 is 0. The lowest BCUT2D eigenvalue weighted by Gasteiger charge is -2.18. The number of benzene rings is 1. The van der Waals surface area contributed by atoms with Crippen LogP contribution >= 0.6 is 0 Å². The van der Waals surface area contributed by atoms with Gasteiger partial charge in [0.2, 0.25) is 0 Å². The van der Waals surface area contributed by atoms with Gasteiger partial charge in [-0.3, -0.25) is 0 Å². The Kier molecular flexibility index (Phi) is 6.16. The second-order valence-electron chi connectivity index (χ2n) is 4.78. The number of ether oxygens (including phenoxy) is 1. The standard InChI is InChI=1S/C15H25NO2/c1-5-6-7-16-10-14(17)13-9-11(2)8-12(3)15(13)18-4/h8-9,14,16-17H,5-7,10H2,1-4H3. The van der Waals surface area contributed by atoms with Crippen molar-refractivity contribution >= 4 is 0 Å². The minimum Gasteiger partial charge on any atom is -0.496 e. The van der Waals surface area contributed by atoms with E-state index in [-0.39, 0.29) is 0 Å². The highest BCUT2D eigenvalue weighted by atomic mass is 16.5. The topological polar surface area (TPSA) is 41.5 Å². The Morgan fingerprint density at radius 2 is 2.06 bits per heavy atom. The fraction of sp³-hybridized carbons (Fsp3) is 0.600. The van der Waals surface area contributed by atoms with Gasteiger partial charge in [-0.05, 0) is 38.4 Å². The average molecular weight is 251 g/mol. The molecule has 0 fully saturated rings. The zero-order chi connectivity index (χ0) is 13.5. The molecule has 102 valence electrons. The van der Waals surface area contributed by atoms with Gasteiger partial charge in [0.05, 0.1) is 13.2 Å². The molecule has 1 aromatic rings. The Bertz CT molecular complexity index is 377. The summed E-state index contributed by atoms with van der Waals surface area (Å²) in [6, 6.07) is 4.07. The summed E-state index contributed by atoms with van der Waals surface area (Å²) in [5.41, 5.74) is 3.09. The minimum absolute atomic E-state index is 0.518. The average Bonchev–Trinajstić information content (AvgIpc) is 2.33. The molecule has 0 aromatic heterocycles. The lowest BCUT2D eigenvalue weighted by Crippen LogP contribution is -2.23. The molecule has 0 saturated carbocycles. The highest BCUT2D eigenvalue weighted by molar-refractivity contribution is 5.45. The molecule has 18 heavy (non-hydrogen) atoms. The van der Waals surface area contributed by atoms with Gasteiger partial charge in [-0.15, -0.1) is 0 Å². The summed E-state index contributed by atoms with van der Waals surface area (Å²) in [5.74, 6) is 0.797. The molecule has 0 radical (unpaired) electrons. The number of aliphatic hydroxyl groups is 1. The van der Waals surface area contributed by atoms with Gasteiger partial charge >= 0.3 is 0 Å². The van der Waals surface area contributed by atoms with Crippen LogP contribution in [0.1, 0.15) is 42.6 Å². The second kappa shape index (κ2) is 7.39. The number of aliphatic hydroxyl groups excluding tert-OH is 1. The molecule has 1 unspecified atom stereocenters. The van der Waals surface area contributed by atoms with E-state index in [9.17, 15) is 5.11 Å². The predicted octanol–water partition coefficient (Wildman–Crippen LogP) is 2.74. The Morgan fingerprint density at radius 1 is 1.33 bits per heavy atom. The Hall–Kier alpha value is -1.06. The van der Waals surface area contributed by atoms with Crippen LogP contribution in [-0.2, 0) is 0 Å². The molecule has 1 aromatic carbocycles. The van der Waals surface area contributed by atoms with Crippen LogP contribution in [0, 0.1) is 13.8 Å². The van der Waals surface area contributed by atoms with Crippen LogP contribution in [0.15, 0.2) is 12.1 Å². The van der Waals surface area contributed by atoms with E-state index in [1.165, 1.54) is 0 Å². The van der Waals surface area contributed by atoms with Gasteiger partial charge in [0.1, 0.15) is 5.75 Å². The summed E-state index contributed by atoms with van der Waals surface area (Å²) in [5, 5.41) is 13.5. The molecule has 0 spiro atoms. The summed E-state index contributed by atoms with van der Waals surface area (Å²) in [6.07, 6.45) is 1.78. The molecular weight excluding hydrogens is 226 g/mol. The van der Waals surface area contributed by atoms with Gasteiger partial charge in [0.15, 0.2) is 0 Å². The first-order chi connectivity index (χ1) is 8.60. The zero-order valence-electron chi connectivity index (χ0n) is 11.9. The molecule has 0 amide bonds. The maximum atomic E-state index is 10.2. The van der Waals surface area contributed by atoms with Crippen molar-refractivity contribution in [2.75, 3.05) is 20.2 Å². The van der Waals surface area contributed by atoms with Crippen LogP contribution in [0.3, 0.4) is 0 Å². The van der Waals surface area contributed by atoms with E-state index >= 15 is 0 Å². The van der Waals surface area contributed by atoms with E-state index in [0.717, 1.165) is 41.8 Å². The molecule has 0 aliphatic rings. The Balaban J connectivity index is 2.74. The van der Waals surface area contributed by atoms with E-state index < -0.39 is 6.10 Å². The maximum Gasteiger partial charge on any atom is 0.127 e. The van der Waals surface area contributed by atoms with Crippen molar-refractivity contribution in [2.45, 2.75) is 39.7 Å². The van der Waals surface area contributed by atoms with Crippen molar-refractivity contribution in [1.82, 2.24) is 5.32 Å². The first-order valence-corrected chi connectivity index (χ1v) is 6.64. The highest BCUT2D eigenvalue weighted by Crippen LogP contribution is 2.29. The number of rotatable bonds is 7. The van der Waals surface area contributed by atoms with Crippen LogP contribution in [0.4, 0.5) is 0 Å². The van der Waals surface area contributed by atoms with Gasteiger partial charge in [0, 0.05) is 12.1 Å². The molecule has 0 heterocycles. The molecule has 0 saturated heterocycles. The van der Waals surface area contributed by atoms with Crippen LogP contribution in [0.2, 0.25) is 0 Å². The smallest absolute Gasteiger partial charge is 0.127 e. The third-order valence-electron chi connectivity index (χ3n) is 3.06. The molecular formula is C15H25NO2. The van der Waals surface area contributed by atoms with Gasteiger partial charge in [-0.1, -0.05) is 25.0 Å². The lowest BCUT2D eigenvalue weighted by molar-refractivity contribution is 0.170. The van der Waals surface area contributed by atoms with E-state index in [2.05, 4.69) is 18.3 Å². The van der Waals surface area contributed by atoms with Gasteiger partial charge in [-0.25, -0.2) is 0 Å². The van der Waals surface area contributed by atoms with Gasteiger partial charge in [0.25, 0.3) is 0 Å². The minimum atomic E-state index is -0.518. The Morgan fingerprint density at radius 3 is 2.67 bits per heavy atom. The van der Waals surface area contributed by atoms with Crippen LogP contribution in [-0.4, -0.2) is 25.3 Å². The van der Waals surface area contributed by atoms with Crippen molar-refractivity contribution in [3.8, 4) is 5.75 Å². The van der Waals surface area contributed by atoms with Crippen molar-refractivity contribution in [1.29, 1.82) is 0 Å². The fourth-order valence-electron chi connectivity index (χ4n) is 2.16. The fourth-order valence-corrected chi connectivity index (χ4v) is 2.16. The summed E-state index contributed by atoms with van der Waals surface area (Å²) in [4.78, 5) is 0. The monoisotopic (exact) mass is 251 g/mol. The summed E-state index contributed by atoms with van der Waals surface area (Å²) < 4.78 is 5.39. The normalized spacial score (nSPS) is 12.5. The molecule has 1 rings (SSSR count). The third-order valence-corrected chi connectivity index (χ3v) is 3.06. The molecule has 0 aliphatic heterocycles. The SMILES string of the molecule is CCCCNCC(O)c1cc(C)cc(C)c1OC. The number of hydrogen-bond donors (Lipinski definition) is 2. The molecule has 3 nitrogen and oxygen atoms in total. The number of aryl methyl sites for hydroxylation is 2. The number of nitrogens with one attached hydrogen (secondary N) is 1. The van der Waals surface area contributed by atoms with E-state index in [0.29, 0.717) is 6.54 Å². The largest absolute Gasteiger partial charge is 0.496 e. The summed E-state index contributed by atoms with van der Waals surface area (Å²) in [7, 11) is 1.65. The summed E-state index contributed by atoms with van der Waals surface area (Å²) in [6.45, 7) is 7.71. The predicted molar refractivity (Wildman–Crippen MR) is 75.2 cm³/mol. The van der Waals surface area contributed by atoms with Crippen molar-refractivity contribution in [3.05, 3.63) is 28.8 Å².